The monoisotopic (exact) mass is 519 g/mol. The van der Waals surface area contributed by atoms with Gasteiger partial charge in [-0.15, -0.1) is 0 Å². The van der Waals surface area contributed by atoms with Crippen molar-refractivity contribution in [2.24, 2.45) is 0 Å². The van der Waals surface area contributed by atoms with E-state index in [0.29, 0.717) is 13.2 Å². The van der Waals surface area contributed by atoms with Gasteiger partial charge in [-0.25, -0.2) is 9.59 Å². The minimum Gasteiger partial charge on any atom is -0.475 e. The van der Waals surface area contributed by atoms with E-state index < -0.39 is 24.3 Å². The van der Waals surface area contributed by atoms with Gasteiger partial charge in [0.1, 0.15) is 11.9 Å². The fourth-order valence-corrected chi connectivity index (χ4v) is 2.53. The topological polar surface area (TPSA) is 136 Å². The molecule has 3 rings (SSSR count). The van der Waals surface area contributed by atoms with E-state index in [-0.39, 0.29) is 6.10 Å². The van der Waals surface area contributed by atoms with E-state index in [1.165, 1.54) is 5.56 Å². The Hall–Kier alpha value is -3.11. The lowest BCUT2D eigenvalue weighted by Crippen LogP contribution is -2.27. The number of nitrogens with zero attached hydrogens (tertiary/aromatic N) is 2. The number of hydrogen-bond donors (Lipinski definition) is 3. The van der Waals surface area contributed by atoms with E-state index >= 15 is 0 Å². The molecule has 10 nitrogen and oxygen atoms in total. The lowest BCUT2D eigenvalue weighted by Gasteiger charge is -2.22. The Morgan fingerprint density at radius 3 is 2.29 bits per heavy atom. The molecular weight excluding hydrogens is 496 g/mol. The number of carboxylic acids is 2. The van der Waals surface area contributed by atoms with Crippen LogP contribution in [-0.4, -0.2) is 71.2 Å². The number of methoxy groups -OCH3 is 1. The maximum absolute atomic E-state index is 10.6. The van der Waals surface area contributed by atoms with Crippen molar-refractivity contribution in [3.8, 4) is 0 Å². The summed E-state index contributed by atoms with van der Waals surface area (Å²) in [4.78, 5) is 17.8. The largest absolute Gasteiger partial charge is 0.490 e. The van der Waals surface area contributed by atoms with E-state index in [9.17, 15) is 26.3 Å². The van der Waals surface area contributed by atoms with Crippen molar-refractivity contribution in [1.29, 1.82) is 0 Å². The number of hydrogen-bond acceptors (Lipinski definition) is 7. The summed E-state index contributed by atoms with van der Waals surface area (Å²) in [5.41, 5.74) is 2.33. The Labute approximate surface area is 194 Å². The lowest BCUT2D eigenvalue weighted by atomic mass is 10.1. The van der Waals surface area contributed by atoms with Gasteiger partial charge >= 0.3 is 24.3 Å². The number of nitrogens with one attached hydrogen (secondary N) is 1. The quantitative estimate of drug-likeness (QED) is 0.472. The summed E-state index contributed by atoms with van der Waals surface area (Å²) >= 11 is 0. The SMILES string of the molecule is COCCn1cc2c(n1)C(CNCc1ccco1)OCC2.O=C(O)C(F)(F)F.O=C(O)C(F)(F)F. The van der Waals surface area contributed by atoms with E-state index in [0.717, 1.165) is 37.6 Å². The molecule has 0 radical (unpaired) electrons. The molecule has 0 spiro atoms. The van der Waals surface area contributed by atoms with Crippen LogP contribution < -0.4 is 5.32 Å². The number of fused-ring (bicyclic) bond motifs is 1. The van der Waals surface area contributed by atoms with Gasteiger partial charge in [-0.2, -0.15) is 31.4 Å². The number of rotatable bonds is 7. The average molecular weight is 519 g/mol. The van der Waals surface area contributed by atoms with Gasteiger partial charge in [0.05, 0.1) is 38.3 Å². The van der Waals surface area contributed by atoms with Gasteiger partial charge in [0.25, 0.3) is 0 Å². The standard InChI is InChI=1S/C15H21N3O3.2C2HF3O2/c1-19-8-5-18-11-12-4-7-21-14(15(12)17-18)10-16-9-13-3-2-6-20-13;2*3-2(4,5)1(6)7/h2-3,6,11,14,16H,4-5,7-10H2,1H3;2*(H,6,7). The molecule has 1 unspecified atom stereocenters. The Kier molecular flexibility index (Phi) is 11.7. The molecule has 1 aliphatic heterocycles. The molecule has 198 valence electrons. The zero-order valence-corrected chi connectivity index (χ0v) is 18.2. The molecule has 0 fully saturated rings. The van der Waals surface area contributed by atoms with Crippen molar-refractivity contribution < 1.29 is 60.0 Å². The molecule has 2 aromatic rings. The normalized spacial score (nSPS) is 15.2. The molecule has 1 aliphatic rings. The first-order valence-corrected chi connectivity index (χ1v) is 9.75. The predicted octanol–water partition coefficient (Wildman–Crippen LogP) is 2.79. The first-order valence-electron chi connectivity index (χ1n) is 9.75. The van der Waals surface area contributed by atoms with Crippen molar-refractivity contribution >= 4 is 11.9 Å². The number of furan rings is 1. The van der Waals surface area contributed by atoms with Crippen molar-refractivity contribution in [1.82, 2.24) is 15.1 Å². The number of aromatic nitrogens is 2. The van der Waals surface area contributed by atoms with Crippen molar-refractivity contribution in [2.75, 3.05) is 26.9 Å². The Morgan fingerprint density at radius 2 is 1.80 bits per heavy atom. The molecule has 3 heterocycles. The molecule has 0 aromatic carbocycles. The highest BCUT2D eigenvalue weighted by Crippen LogP contribution is 2.25. The van der Waals surface area contributed by atoms with Crippen LogP contribution in [0.4, 0.5) is 26.3 Å². The Balaban J connectivity index is 0.000000362. The first-order chi connectivity index (χ1) is 16.3. The molecule has 2 aromatic heterocycles. The molecule has 0 saturated carbocycles. The fraction of sp³-hybridized carbons (Fsp3) is 0.526. The van der Waals surface area contributed by atoms with Crippen LogP contribution in [0, 0.1) is 0 Å². The van der Waals surface area contributed by atoms with Gasteiger partial charge < -0.3 is 29.4 Å². The number of halogens is 6. The smallest absolute Gasteiger partial charge is 0.475 e. The summed E-state index contributed by atoms with van der Waals surface area (Å²) in [7, 11) is 1.70. The van der Waals surface area contributed by atoms with E-state index in [1.54, 1.807) is 13.4 Å². The summed E-state index contributed by atoms with van der Waals surface area (Å²) in [5.74, 6) is -4.59. The average Bonchev–Trinajstić information content (AvgIpc) is 3.41. The predicted molar refractivity (Wildman–Crippen MR) is 104 cm³/mol. The summed E-state index contributed by atoms with van der Waals surface area (Å²) < 4.78 is 81.7. The molecule has 0 amide bonds. The molecule has 0 bridgehead atoms. The summed E-state index contributed by atoms with van der Waals surface area (Å²) in [5, 5.41) is 22.2. The molecule has 16 heteroatoms. The van der Waals surface area contributed by atoms with Crippen molar-refractivity contribution in [3.05, 3.63) is 41.6 Å². The van der Waals surface area contributed by atoms with Gasteiger partial charge in [-0.1, -0.05) is 0 Å². The van der Waals surface area contributed by atoms with E-state index in [2.05, 4.69) is 16.6 Å². The van der Waals surface area contributed by atoms with E-state index in [1.807, 2.05) is 16.8 Å². The second kappa shape index (κ2) is 13.7. The highest BCUT2D eigenvalue weighted by Gasteiger charge is 2.38. The third-order valence-corrected chi connectivity index (χ3v) is 4.08. The number of ether oxygens (including phenoxy) is 2. The number of aliphatic carboxylic acids is 2. The van der Waals surface area contributed by atoms with Crippen LogP contribution in [0.15, 0.2) is 29.0 Å². The molecule has 1 atom stereocenters. The molecule has 0 saturated heterocycles. The Morgan fingerprint density at radius 1 is 1.20 bits per heavy atom. The zero-order chi connectivity index (χ0) is 26.6. The van der Waals surface area contributed by atoms with Gasteiger partial charge in [0, 0.05) is 19.9 Å². The first kappa shape index (κ1) is 29.9. The lowest BCUT2D eigenvalue weighted by molar-refractivity contribution is -0.193. The van der Waals surface area contributed by atoms with Gasteiger partial charge in [-0.3, -0.25) is 4.68 Å². The van der Waals surface area contributed by atoms with Crippen LogP contribution in [0.3, 0.4) is 0 Å². The van der Waals surface area contributed by atoms with Crippen LogP contribution in [0.1, 0.15) is 23.1 Å². The molecule has 35 heavy (non-hydrogen) atoms. The Bertz CT molecular complexity index is 889. The minimum absolute atomic E-state index is 0.00695. The molecule has 3 N–H and O–H groups in total. The number of carbonyl (C=O) groups is 2. The van der Waals surface area contributed by atoms with Gasteiger partial charge in [-0.05, 0) is 24.1 Å². The van der Waals surface area contributed by atoms with Crippen LogP contribution in [-0.2, 0) is 38.6 Å². The zero-order valence-electron chi connectivity index (χ0n) is 18.2. The highest BCUT2D eigenvalue weighted by molar-refractivity contribution is 5.73. The second-order valence-corrected chi connectivity index (χ2v) is 6.72. The second-order valence-electron chi connectivity index (χ2n) is 6.72. The number of alkyl halides is 6. The van der Waals surface area contributed by atoms with Crippen molar-refractivity contribution in [2.45, 2.75) is 38.0 Å². The highest BCUT2D eigenvalue weighted by atomic mass is 19.4. The summed E-state index contributed by atoms with van der Waals surface area (Å²) in [6, 6.07) is 3.85. The molecule has 0 aliphatic carbocycles. The van der Waals surface area contributed by atoms with Gasteiger partial charge in [0.2, 0.25) is 0 Å². The fourth-order valence-electron chi connectivity index (χ4n) is 2.53. The van der Waals surface area contributed by atoms with Crippen LogP contribution >= 0.6 is 0 Å². The van der Waals surface area contributed by atoms with Gasteiger partial charge in [0.15, 0.2) is 0 Å². The third-order valence-electron chi connectivity index (χ3n) is 4.08. The summed E-state index contributed by atoms with van der Waals surface area (Å²) in [6.45, 7) is 3.62. The molecular formula is C19H23F6N3O7. The minimum atomic E-state index is -5.08. The summed E-state index contributed by atoms with van der Waals surface area (Å²) in [6.07, 6.45) is -5.44. The van der Waals surface area contributed by atoms with Crippen LogP contribution in [0.2, 0.25) is 0 Å². The van der Waals surface area contributed by atoms with Crippen LogP contribution in [0.5, 0.6) is 0 Å². The van der Waals surface area contributed by atoms with Crippen molar-refractivity contribution in [3.63, 3.8) is 0 Å². The van der Waals surface area contributed by atoms with E-state index in [4.69, 9.17) is 33.7 Å². The maximum atomic E-state index is 10.6. The maximum Gasteiger partial charge on any atom is 0.490 e. The number of carboxylic acid groups (broad SMARTS) is 2. The van der Waals surface area contributed by atoms with Crippen LogP contribution in [0.25, 0.3) is 0 Å². The third kappa shape index (κ3) is 11.2.